The number of nitrogens with one attached hydrogen (secondary N) is 1. The molecule has 1 aliphatic rings. The summed E-state index contributed by atoms with van der Waals surface area (Å²) in [6.07, 6.45) is 5.08. The number of nitrogens with zero attached hydrogens (tertiary/aromatic N) is 2. The van der Waals surface area contributed by atoms with E-state index in [9.17, 15) is 9.59 Å². The van der Waals surface area contributed by atoms with Crippen molar-refractivity contribution in [3.8, 4) is 0 Å². The van der Waals surface area contributed by atoms with Crippen molar-refractivity contribution in [2.24, 2.45) is 5.92 Å². The first-order valence-corrected chi connectivity index (χ1v) is 10.4. The highest BCUT2D eigenvalue weighted by Crippen LogP contribution is 2.23. The van der Waals surface area contributed by atoms with E-state index in [1.54, 1.807) is 36.3 Å². The van der Waals surface area contributed by atoms with E-state index in [-0.39, 0.29) is 11.8 Å². The zero-order valence-corrected chi connectivity index (χ0v) is 16.4. The second kappa shape index (κ2) is 9.55. The second-order valence-corrected chi connectivity index (χ2v) is 7.92. The van der Waals surface area contributed by atoms with E-state index in [2.05, 4.69) is 17.2 Å². The number of hydrogen-bond acceptors (Lipinski definition) is 4. The quantitative estimate of drug-likeness (QED) is 0.776. The minimum Gasteiger partial charge on any atom is -0.352 e. The summed E-state index contributed by atoms with van der Waals surface area (Å²) in [6, 6.07) is 11.3. The number of carbonyl (C=O) groups is 2. The Morgan fingerprint density at radius 1 is 1.19 bits per heavy atom. The monoisotopic (exact) mass is 383 g/mol. The Labute approximate surface area is 164 Å². The van der Waals surface area contributed by atoms with Crippen molar-refractivity contribution in [1.82, 2.24) is 15.2 Å². The Hall–Kier alpha value is -2.34. The molecular weight excluding hydrogens is 358 g/mol. The number of pyridine rings is 1. The molecule has 1 aromatic carbocycles. The first-order chi connectivity index (χ1) is 13.2. The van der Waals surface area contributed by atoms with Crippen LogP contribution in [0.5, 0.6) is 0 Å². The van der Waals surface area contributed by atoms with Crippen molar-refractivity contribution in [2.75, 3.05) is 25.4 Å². The normalized spacial score (nSPS) is 14.8. The van der Waals surface area contributed by atoms with E-state index in [0.717, 1.165) is 42.1 Å². The number of rotatable bonds is 6. The van der Waals surface area contributed by atoms with Crippen LogP contribution in [-0.4, -0.2) is 47.1 Å². The molecule has 0 saturated carbocycles. The lowest BCUT2D eigenvalue weighted by atomic mass is 9.96. The third kappa shape index (κ3) is 5.10. The second-order valence-electron chi connectivity index (χ2n) is 6.62. The summed E-state index contributed by atoms with van der Waals surface area (Å²) in [5, 5.41) is 3.08. The molecule has 2 amide bonds. The van der Waals surface area contributed by atoms with Crippen LogP contribution in [0.25, 0.3) is 0 Å². The van der Waals surface area contributed by atoms with Gasteiger partial charge in [-0.05, 0) is 48.8 Å². The molecule has 2 aromatic rings. The maximum Gasteiger partial charge on any atom is 0.255 e. The molecule has 142 valence electrons. The number of aromatic nitrogens is 1. The first kappa shape index (κ1) is 19.4. The molecule has 1 fully saturated rings. The highest BCUT2D eigenvalue weighted by atomic mass is 32.2. The predicted octanol–water partition coefficient (Wildman–Crippen LogP) is 3.48. The van der Waals surface area contributed by atoms with Crippen molar-refractivity contribution >= 4 is 23.6 Å². The van der Waals surface area contributed by atoms with Crippen LogP contribution in [0.3, 0.4) is 0 Å². The number of carbonyl (C=O) groups excluding carboxylic acids is 2. The maximum atomic E-state index is 12.5. The van der Waals surface area contributed by atoms with Crippen LogP contribution in [0, 0.1) is 5.92 Å². The number of piperidine rings is 1. The van der Waals surface area contributed by atoms with E-state index in [4.69, 9.17) is 0 Å². The topological polar surface area (TPSA) is 62.3 Å². The average molecular weight is 384 g/mol. The zero-order valence-electron chi connectivity index (χ0n) is 15.6. The molecule has 6 heteroatoms. The van der Waals surface area contributed by atoms with Gasteiger partial charge >= 0.3 is 0 Å². The summed E-state index contributed by atoms with van der Waals surface area (Å²) in [5.74, 6) is 1.36. The molecule has 27 heavy (non-hydrogen) atoms. The van der Waals surface area contributed by atoms with Gasteiger partial charge in [-0.25, -0.2) is 0 Å². The molecule has 1 saturated heterocycles. The van der Waals surface area contributed by atoms with Gasteiger partial charge in [0.15, 0.2) is 0 Å². The smallest absolute Gasteiger partial charge is 0.255 e. The molecule has 1 N–H and O–H groups in total. The summed E-state index contributed by atoms with van der Waals surface area (Å²) in [4.78, 5) is 31.9. The molecule has 0 unspecified atom stereocenters. The SMILES string of the molecule is CCSc1ccccc1C(=O)NCC1CCN(C(=O)c2cccnc2)CC1. The van der Waals surface area contributed by atoms with Crippen LogP contribution in [0.1, 0.15) is 40.5 Å². The fourth-order valence-electron chi connectivity index (χ4n) is 3.28. The summed E-state index contributed by atoms with van der Waals surface area (Å²) in [6.45, 7) is 4.17. The van der Waals surface area contributed by atoms with Crippen molar-refractivity contribution in [1.29, 1.82) is 0 Å². The van der Waals surface area contributed by atoms with Crippen molar-refractivity contribution in [3.05, 3.63) is 59.9 Å². The number of likely N-dealkylation sites (tertiary alicyclic amines) is 1. The lowest BCUT2D eigenvalue weighted by Gasteiger charge is -2.32. The van der Waals surface area contributed by atoms with E-state index in [1.807, 2.05) is 29.2 Å². The fourth-order valence-corrected chi connectivity index (χ4v) is 4.08. The highest BCUT2D eigenvalue weighted by Gasteiger charge is 2.24. The van der Waals surface area contributed by atoms with Crippen LogP contribution >= 0.6 is 11.8 Å². The molecule has 2 heterocycles. The van der Waals surface area contributed by atoms with Gasteiger partial charge in [0.1, 0.15) is 0 Å². The van der Waals surface area contributed by atoms with E-state index in [0.29, 0.717) is 18.0 Å². The van der Waals surface area contributed by atoms with Crippen LogP contribution in [0.4, 0.5) is 0 Å². The molecule has 0 aliphatic carbocycles. The molecule has 0 atom stereocenters. The molecular formula is C21H25N3O2S. The van der Waals surface area contributed by atoms with Crippen molar-refractivity contribution in [3.63, 3.8) is 0 Å². The number of benzene rings is 1. The molecule has 5 nitrogen and oxygen atoms in total. The van der Waals surface area contributed by atoms with Crippen LogP contribution in [0.2, 0.25) is 0 Å². The molecule has 0 bridgehead atoms. The highest BCUT2D eigenvalue weighted by molar-refractivity contribution is 7.99. The van der Waals surface area contributed by atoms with Gasteiger partial charge in [-0.2, -0.15) is 0 Å². The number of thioether (sulfide) groups is 1. The van der Waals surface area contributed by atoms with Gasteiger partial charge < -0.3 is 10.2 Å². The van der Waals surface area contributed by atoms with E-state index < -0.39 is 0 Å². The Bertz CT molecular complexity index is 774. The van der Waals surface area contributed by atoms with Crippen LogP contribution in [0.15, 0.2) is 53.7 Å². The lowest BCUT2D eigenvalue weighted by Crippen LogP contribution is -2.41. The zero-order chi connectivity index (χ0) is 19.1. The van der Waals surface area contributed by atoms with E-state index in [1.165, 1.54) is 0 Å². The van der Waals surface area contributed by atoms with Gasteiger partial charge in [0.25, 0.3) is 11.8 Å². The average Bonchev–Trinajstić information content (AvgIpc) is 2.73. The molecule has 0 spiro atoms. The minimum atomic E-state index is -0.0135. The first-order valence-electron chi connectivity index (χ1n) is 9.38. The Kier molecular flexibility index (Phi) is 6.87. The van der Waals surface area contributed by atoms with Gasteiger partial charge in [0.2, 0.25) is 0 Å². The Morgan fingerprint density at radius 2 is 1.96 bits per heavy atom. The number of amides is 2. The fraction of sp³-hybridized carbons (Fsp3) is 0.381. The summed E-state index contributed by atoms with van der Waals surface area (Å²) < 4.78 is 0. The largest absolute Gasteiger partial charge is 0.352 e. The molecule has 1 aliphatic heterocycles. The number of hydrogen-bond donors (Lipinski definition) is 1. The maximum absolute atomic E-state index is 12.5. The molecule has 0 radical (unpaired) electrons. The lowest BCUT2D eigenvalue weighted by molar-refractivity contribution is 0.0684. The minimum absolute atomic E-state index is 0.0135. The molecule has 1 aromatic heterocycles. The predicted molar refractivity (Wildman–Crippen MR) is 108 cm³/mol. The Balaban J connectivity index is 1.48. The van der Waals surface area contributed by atoms with Crippen LogP contribution in [-0.2, 0) is 0 Å². The van der Waals surface area contributed by atoms with Gasteiger partial charge in [0.05, 0.1) is 11.1 Å². The Morgan fingerprint density at radius 3 is 2.67 bits per heavy atom. The standard InChI is InChI=1S/C21H25N3O2S/c1-2-27-19-8-4-3-7-18(19)20(25)23-14-16-9-12-24(13-10-16)21(26)17-6-5-11-22-15-17/h3-8,11,15-16H,2,9-10,12-14H2,1H3,(H,23,25). The summed E-state index contributed by atoms with van der Waals surface area (Å²) in [5.41, 5.74) is 1.38. The van der Waals surface area contributed by atoms with Crippen molar-refractivity contribution in [2.45, 2.75) is 24.7 Å². The van der Waals surface area contributed by atoms with Gasteiger partial charge in [0, 0.05) is 36.9 Å². The van der Waals surface area contributed by atoms with Crippen molar-refractivity contribution < 1.29 is 9.59 Å². The third-order valence-corrected chi connectivity index (χ3v) is 5.75. The summed E-state index contributed by atoms with van der Waals surface area (Å²) >= 11 is 1.68. The van der Waals surface area contributed by atoms with E-state index >= 15 is 0 Å². The van der Waals surface area contributed by atoms with Gasteiger partial charge in [-0.3, -0.25) is 14.6 Å². The van der Waals surface area contributed by atoms with Gasteiger partial charge in [-0.1, -0.05) is 19.1 Å². The van der Waals surface area contributed by atoms with Crippen LogP contribution < -0.4 is 5.32 Å². The molecule has 3 rings (SSSR count). The third-order valence-electron chi connectivity index (χ3n) is 4.79. The summed E-state index contributed by atoms with van der Waals surface area (Å²) in [7, 11) is 0. The van der Waals surface area contributed by atoms with Gasteiger partial charge in [-0.15, -0.1) is 11.8 Å².